The number of hydrogen-bond donors (Lipinski definition) is 1. The van der Waals surface area contributed by atoms with Gasteiger partial charge < -0.3 is 5.32 Å². The van der Waals surface area contributed by atoms with Gasteiger partial charge in [-0.2, -0.15) is 0 Å². The maximum absolute atomic E-state index is 3.76. The van der Waals surface area contributed by atoms with Gasteiger partial charge in [0, 0.05) is 15.8 Å². The van der Waals surface area contributed by atoms with Crippen molar-refractivity contribution in [2.45, 2.75) is 38.6 Å². The second kappa shape index (κ2) is 6.81. The van der Waals surface area contributed by atoms with Crippen LogP contribution in [0.1, 0.15) is 42.0 Å². The molecule has 2 heteroatoms. The van der Waals surface area contributed by atoms with Crippen LogP contribution in [0.4, 0.5) is 0 Å². The van der Waals surface area contributed by atoms with Crippen molar-refractivity contribution in [3.63, 3.8) is 0 Å². The van der Waals surface area contributed by atoms with Crippen LogP contribution in [0.3, 0.4) is 0 Å². The molecule has 1 atom stereocenters. The van der Waals surface area contributed by atoms with Crippen LogP contribution in [-0.4, -0.2) is 7.05 Å². The van der Waals surface area contributed by atoms with Crippen molar-refractivity contribution in [2.24, 2.45) is 0 Å². The van der Waals surface area contributed by atoms with Crippen molar-refractivity contribution in [2.75, 3.05) is 7.05 Å². The molecule has 0 fully saturated rings. The number of unbranched alkanes of at least 4 members (excludes halogenated alkanes) is 1. The molecule has 1 unspecified atom stereocenters. The largest absolute Gasteiger partial charge is 0.312 e. The molecule has 84 valence electrons. The molecule has 0 aliphatic carbocycles. The van der Waals surface area contributed by atoms with E-state index in [9.17, 15) is 0 Å². The quantitative estimate of drug-likeness (QED) is 0.545. The lowest BCUT2D eigenvalue weighted by Gasteiger charge is -2.13. The summed E-state index contributed by atoms with van der Waals surface area (Å²) < 4.78 is 0. The lowest BCUT2D eigenvalue weighted by Crippen LogP contribution is -2.14. The van der Waals surface area contributed by atoms with Gasteiger partial charge in [0.15, 0.2) is 0 Å². The number of hydrogen-bond acceptors (Lipinski definition) is 2. The SMILES string of the molecule is C=CCCCC(NC)c1ccc(CC)s1. The summed E-state index contributed by atoms with van der Waals surface area (Å²) in [5.41, 5.74) is 0. The van der Waals surface area contributed by atoms with Gasteiger partial charge in [-0.1, -0.05) is 13.0 Å². The summed E-state index contributed by atoms with van der Waals surface area (Å²) in [5.74, 6) is 0. The van der Waals surface area contributed by atoms with Gasteiger partial charge in [0.1, 0.15) is 0 Å². The third kappa shape index (κ3) is 3.80. The van der Waals surface area contributed by atoms with Crippen molar-refractivity contribution in [1.82, 2.24) is 5.32 Å². The third-order valence-corrected chi connectivity index (χ3v) is 3.97. The minimum atomic E-state index is 0.523. The molecule has 1 aromatic heterocycles. The van der Waals surface area contributed by atoms with Gasteiger partial charge in [-0.3, -0.25) is 0 Å². The Hall–Kier alpha value is -0.600. The fourth-order valence-electron chi connectivity index (χ4n) is 1.67. The average Bonchev–Trinajstić information content (AvgIpc) is 2.73. The highest BCUT2D eigenvalue weighted by Gasteiger charge is 2.10. The summed E-state index contributed by atoms with van der Waals surface area (Å²) in [5, 5.41) is 3.39. The van der Waals surface area contributed by atoms with E-state index in [1.165, 1.54) is 22.6 Å². The minimum absolute atomic E-state index is 0.523. The van der Waals surface area contributed by atoms with Gasteiger partial charge in [0.05, 0.1) is 0 Å². The van der Waals surface area contributed by atoms with E-state index in [2.05, 4.69) is 31.0 Å². The Labute approximate surface area is 97.2 Å². The van der Waals surface area contributed by atoms with Crippen LogP contribution >= 0.6 is 11.3 Å². The molecule has 0 saturated heterocycles. The van der Waals surface area contributed by atoms with Gasteiger partial charge in [0.25, 0.3) is 0 Å². The van der Waals surface area contributed by atoms with E-state index >= 15 is 0 Å². The lowest BCUT2D eigenvalue weighted by molar-refractivity contribution is 0.538. The van der Waals surface area contributed by atoms with Crippen LogP contribution in [0.15, 0.2) is 24.8 Å². The molecule has 0 bridgehead atoms. The fourth-order valence-corrected chi connectivity index (χ4v) is 2.76. The molecule has 1 rings (SSSR count). The molecule has 1 nitrogen and oxygen atoms in total. The van der Waals surface area contributed by atoms with Gasteiger partial charge in [-0.15, -0.1) is 17.9 Å². The van der Waals surface area contributed by atoms with E-state index in [0.29, 0.717) is 6.04 Å². The molecule has 0 spiro atoms. The molecule has 1 heterocycles. The zero-order valence-corrected chi connectivity index (χ0v) is 10.6. The van der Waals surface area contributed by atoms with E-state index in [1.807, 2.05) is 24.5 Å². The molecular formula is C13H21NS. The van der Waals surface area contributed by atoms with Gasteiger partial charge in [-0.05, 0) is 44.9 Å². The van der Waals surface area contributed by atoms with Crippen LogP contribution in [0, 0.1) is 0 Å². The molecule has 0 radical (unpaired) electrons. The monoisotopic (exact) mass is 223 g/mol. The normalized spacial score (nSPS) is 12.7. The predicted octanol–water partition coefficient (Wildman–Crippen LogP) is 3.93. The Bertz CT molecular complexity index is 290. The molecule has 0 saturated carbocycles. The Morgan fingerprint density at radius 3 is 2.87 bits per heavy atom. The predicted molar refractivity (Wildman–Crippen MR) is 69.5 cm³/mol. The summed E-state index contributed by atoms with van der Waals surface area (Å²) >= 11 is 1.94. The highest BCUT2D eigenvalue weighted by molar-refractivity contribution is 7.12. The highest BCUT2D eigenvalue weighted by atomic mass is 32.1. The highest BCUT2D eigenvalue weighted by Crippen LogP contribution is 2.26. The van der Waals surface area contributed by atoms with Crippen LogP contribution < -0.4 is 5.32 Å². The molecule has 0 amide bonds. The lowest BCUT2D eigenvalue weighted by atomic mass is 10.1. The van der Waals surface area contributed by atoms with E-state index < -0.39 is 0 Å². The molecule has 15 heavy (non-hydrogen) atoms. The summed E-state index contributed by atoms with van der Waals surface area (Å²) in [4.78, 5) is 2.95. The second-order valence-electron chi connectivity index (χ2n) is 3.72. The molecule has 0 aliphatic rings. The van der Waals surface area contributed by atoms with Crippen molar-refractivity contribution >= 4 is 11.3 Å². The number of rotatable bonds is 7. The Morgan fingerprint density at radius 1 is 1.53 bits per heavy atom. The maximum Gasteiger partial charge on any atom is 0.0412 e. The molecule has 0 aromatic carbocycles. The average molecular weight is 223 g/mol. The number of aryl methyl sites for hydroxylation is 1. The standard InChI is InChI=1S/C13H21NS/c1-4-6-7-8-12(14-3)13-10-9-11(5-2)15-13/h4,9-10,12,14H,1,5-8H2,2-3H3. The zero-order valence-electron chi connectivity index (χ0n) is 9.75. The van der Waals surface area contributed by atoms with Crippen LogP contribution in [-0.2, 0) is 6.42 Å². The molecular weight excluding hydrogens is 202 g/mol. The zero-order chi connectivity index (χ0) is 11.1. The summed E-state index contributed by atoms with van der Waals surface area (Å²) in [6, 6.07) is 5.03. The Balaban J connectivity index is 2.53. The van der Waals surface area contributed by atoms with Crippen molar-refractivity contribution in [3.8, 4) is 0 Å². The van der Waals surface area contributed by atoms with E-state index in [4.69, 9.17) is 0 Å². The van der Waals surface area contributed by atoms with Crippen molar-refractivity contribution in [1.29, 1.82) is 0 Å². The molecule has 1 aromatic rings. The van der Waals surface area contributed by atoms with Gasteiger partial charge in [-0.25, -0.2) is 0 Å². The van der Waals surface area contributed by atoms with Gasteiger partial charge >= 0.3 is 0 Å². The first-order valence-corrected chi connectivity index (χ1v) is 6.50. The Morgan fingerprint density at radius 2 is 2.33 bits per heavy atom. The summed E-state index contributed by atoms with van der Waals surface area (Å²) in [6.45, 7) is 5.97. The van der Waals surface area contributed by atoms with Crippen LogP contribution in [0.5, 0.6) is 0 Å². The Kier molecular flexibility index (Phi) is 5.66. The second-order valence-corrected chi connectivity index (χ2v) is 4.92. The minimum Gasteiger partial charge on any atom is -0.312 e. The number of thiophene rings is 1. The third-order valence-electron chi connectivity index (χ3n) is 2.62. The van der Waals surface area contributed by atoms with E-state index in [-0.39, 0.29) is 0 Å². The summed E-state index contributed by atoms with van der Waals surface area (Å²) in [7, 11) is 2.05. The topological polar surface area (TPSA) is 12.0 Å². The first-order valence-electron chi connectivity index (χ1n) is 5.68. The van der Waals surface area contributed by atoms with E-state index in [1.54, 1.807) is 0 Å². The molecule has 1 N–H and O–H groups in total. The van der Waals surface area contributed by atoms with Crippen LogP contribution in [0.25, 0.3) is 0 Å². The number of nitrogens with one attached hydrogen (secondary N) is 1. The van der Waals surface area contributed by atoms with Gasteiger partial charge in [0.2, 0.25) is 0 Å². The first-order chi connectivity index (χ1) is 7.31. The van der Waals surface area contributed by atoms with Crippen molar-refractivity contribution < 1.29 is 0 Å². The first kappa shape index (κ1) is 12.5. The van der Waals surface area contributed by atoms with Crippen LogP contribution in [0.2, 0.25) is 0 Å². The number of allylic oxidation sites excluding steroid dienone is 1. The fraction of sp³-hybridized carbons (Fsp3) is 0.538. The molecule has 0 aliphatic heterocycles. The van der Waals surface area contributed by atoms with Crippen molar-refractivity contribution in [3.05, 3.63) is 34.5 Å². The summed E-state index contributed by atoms with van der Waals surface area (Å²) in [6.07, 6.45) is 6.68. The van der Waals surface area contributed by atoms with E-state index in [0.717, 1.165) is 12.8 Å². The maximum atomic E-state index is 3.76. The smallest absolute Gasteiger partial charge is 0.0412 e.